The van der Waals surface area contributed by atoms with Gasteiger partial charge in [0.15, 0.2) is 0 Å². The molecule has 2 unspecified atom stereocenters. The van der Waals surface area contributed by atoms with E-state index in [1.165, 1.54) is 0 Å². The number of rotatable bonds is 3. The standard InChI is InChI=1S/C8H18O2S/c1-7(5-6-9)11(10)8(2,3)4/h7,9H,5-6H2,1-4H3. The topological polar surface area (TPSA) is 37.3 Å². The van der Waals surface area contributed by atoms with Crippen LogP contribution in [-0.4, -0.2) is 25.9 Å². The highest BCUT2D eigenvalue weighted by molar-refractivity contribution is 7.87. The molecular formula is C8H18O2S. The molecule has 11 heavy (non-hydrogen) atoms. The third-order valence-electron chi connectivity index (χ3n) is 1.50. The van der Waals surface area contributed by atoms with Crippen molar-refractivity contribution < 1.29 is 9.32 Å². The van der Waals surface area contributed by atoms with Gasteiger partial charge in [-0.2, -0.15) is 0 Å². The Morgan fingerprint density at radius 2 is 1.91 bits per heavy atom. The fraction of sp³-hybridized carbons (Fsp3) is 1.00. The highest BCUT2D eigenvalue weighted by Crippen LogP contribution is 2.17. The van der Waals surface area contributed by atoms with Crippen LogP contribution in [0.4, 0.5) is 0 Å². The third-order valence-corrected chi connectivity index (χ3v) is 3.68. The lowest BCUT2D eigenvalue weighted by Crippen LogP contribution is -2.30. The molecule has 0 rings (SSSR count). The van der Waals surface area contributed by atoms with Gasteiger partial charge in [-0.3, -0.25) is 4.21 Å². The smallest absolute Gasteiger partial charge is 0.0442 e. The first-order valence-corrected chi connectivity index (χ1v) is 5.12. The summed E-state index contributed by atoms with van der Waals surface area (Å²) in [4.78, 5) is 0. The van der Waals surface area contributed by atoms with Crippen molar-refractivity contribution in [3.8, 4) is 0 Å². The van der Waals surface area contributed by atoms with Gasteiger partial charge in [0.1, 0.15) is 0 Å². The Balaban J connectivity index is 4.03. The summed E-state index contributed by atoms with van der Waals surface area (Å²) in [5, 5.41) is 8.71. The zero-order valence-corrected chi connectivity index (χ0v) is 8.57. The maximum absolute atomic E-state index is 11.6. The van der Waals surface area contributed by atoms with Gasteiger partial charge >= 0.3 is 0 Å². The van der Waals surface area contributed by atoms with E-state index in [1.807, 2.05) is 27.7 Å². The molecule has 0 aliphatic carbocycles. The Hall–Kier alpha value is 0.110. The quantitative estimate of drug-likeness (QED) is 0.707. The number of aliphatic hydroxyl groups excluding tert-OH is 1. The van der Waals surface area contributed by atoms with Crippen molar-refractivity contribution in [3.63, 3.8) is 0 Å². The molecule has 0 aliphatic rings. The average molecular weight is 178 g/mol. The molecule has 0 aromatic heterocycles. The van der Waals surface area contributed by atoms with Crippen LogP contribution in [0.25, 0.3) is 0 Å². The highest BCUT2D eigenvalue weighted by Gasteiger charge is 2.24. The maximum atomic E-state index is 11.6. The summed E-state index contributed by atoms with van der Waals surface area (Å²) in [6, 6.07) is 0. The van der Waals surface area contributed by atoms with Crippen LogP contribution in [0.15, 0.2) is 0 Å². The van der Waals surface area contributed by atoms with Crippen molar-refractivity contribution in [1.82, 2.24) is 0 Å². The second-order valence-corrected chi connectivity index (χ2v) is 6.36. The van der Waals surface area contributed by atoms with Crippen LogP contribution >= 0.6 is 0 Å². The first-order valence-electron chi connectivity index (χ1n) is 3.91. The van der Waals surface area contributed by atoms with Gasteiger partial charge in [0, 0.05) is 27.4 Å². The lowest BCUT2D eigenvalue weighted by Gasteiger charge is -2.22. The molecule has 1 N–H and O–H groups in total. The van der Waals surface area contributed by atoms with Crippen molar-refractivity contribution in [2.75, 3.05) is 6.61 Å². The van der Waals surface area contributed by atoms with Crippen molar-refractivity contribution in [2.45, 2.75) is 44.1 Å². The van der Waals surface area contributed by atoms with Crippen molar-refractivity contribution in [2.24, 2.45) is 0 Å². The molecule has 0 aromatic carbocycles. The van der Waals surface area contributed by atoms with Crippen molar-refractivity contribution in [3.05, 3.63) is 0 Å². The van der Waals surface area contributed by atoms with Gasteiger partial charge in [0.05, 0.1) is 0 Å². The zero-order chi connectivity index (χ0) is 9.07. The Morgan fingerprint density at radius 1 is 1.45 bits per heavy atom. The van der Waals surface area contributed by atoms with Crippen LogP contribution in [0.2, 0.25) is 0 Å². The molecule has 0 heterocycles. The molecule has 0 saturated carbocycles. The van der Waals surface area contributed by atoms with Crippen LogP contribution in [0.3, 0.4) is 0 Å². The molecule has 3 heteroatoms. The van der Waals surface area contributed by atoms with Crippen LogP contribution in [0.1, 0.15) is 34.1 Å². The molecular weight excluding hydrogens is 160 g/mol. The van der Waals surface area contributed by atoms with Crippen molar-refractivity contribution in [1.29, 1.82) is 0 Å². The average Bonchev–Trinajstić information content (AvgIpc) is 1.85. The van der Waals surface area contributed by atoms with Crippen LogP contribution in [0, 0.1) is 0 Å². The van der Waals surface area contributed by atoms with Gasteiger partial charge in [-0.15, -0.1) is 0 Å². The predicted molar refractivity (Wildman–Crippen MR) is 49.1 cm³/mol. The summed E-state index contributed by atoms with van der Waals surface area (Å²) in [5.41, 5.74) is 0. The fourth-order valence-corrected chi connectivity index (χ4v) is 2.42. The Morgan fingerprint density at radius 3 is 2.18 bits per heavy atom. The Kier molecular flexibility index (Phi) is 4.26. The SMILES string of the molecule is CC(CCO)S(=O)C(C)(C)C. The molecule has 2 nitrogen and oxygen atoms in total. The van der Waals surface area contributed by atoms with Gasteiger partial charge < -0.3 is 5.11 Å². The minimum absolute atomic E-state index is 0.0972. The largest absolute Gasteiger partial charge is 0.396 e. The first kappa shape index (κ1) is 11.1. The predicted octanol–water partition coefficient (Wildman–Crippen LogP) is 1.30. The van der Waals surface area contributed by atoms with Gasteiger partial charge in [0.25, 0.3) is 0 Å². The van der Waals surface area contributed by atoms with E-state index in [-0.39, 0.29) is 16.6 Å². The van der Waals surface area contributed by atoms with Gasteiger partial charge in [-0.05, 0) is 27.2 Å². The number of hydrogen-bond acceptors (Lipinski definition) is 2. The summed E-state index contributed by atoms with van der Waals surface area (Å²) in [5.74, 6) is 0. The molecule has 0 bridgehead atoms. The Labute approximate surface area is 71.5 Å². The van der Waals surface area contributed by atoms with Crippen LogP contribution < -0.4 is 0 Å². The number of aliphatic hydroxyl groups is 1. The van der Waals surface area contributed by atoms with E-state index in [1.54, 1.807) is 0 Å². The van der Waals surface area contributed by atoms with Crippen LogP contribution in [-0.2, 0) is 10.8 Å². The van der Waals surface area contributed by atoms with E-state index in [0.717, 1.165) is 0 Å². The molecule has 2 atom stereocenters. The summed E-state index contributed by atoms with van der Waals surface area (Å²) < 4.78 is 11.4. The summed E-state index contributed by atoms with van der Waals surface area (Å²) in [7, 11) is -0.842. The van der Waals surface area contributed by atoms with Gasteiger partial charge in [0.2, 0.25) is 0 Å². The summed E-state index contributed by atoms with van der Waals surface area (Å²) in [6.07, 6.45) is 0.629. The molecule has 0 spiro atoms. The first-order chi connectivity index (χ1) is 4.89. The molecule has 0 aliphatic heterocycles. The molecule has 0 amide bonds. The molecule has 0 radical (unpaired) electrons. The van der Waals surface area contributed by atoms with Gasteiger partial charge in [-0.25, -0.2) is 0 Å². The zero-order valence-electron chi connectivity index (χ0n) is 7.76. The molecule has 0 aromatic rings. The van der Waals surface area contributed by atoms with E-state index in [4.69, 9.17) is 5.11 Å². The number of hydrogen-bond donors (Lipinski definition) is 1. The van der Waals surface area contributed by atoms with Crippen molar-refractivity contribution >= 4 is 10.8 Å². The molecule has 68 valence electrons. The third kappa shape index (κ3) is 3.87. The van der Waals surface area contributed by atoms with Gasteiger partial charge in [-0.1, -0.05) is 6.92 Å². The second-order valence-electron chi connectivity index (χ2n) is 3.73. The summed E-state index contributed by atoms with van der Waals surface area (Å²) in [6.45, 7) is 7.91. The molecule has 0 fully saturated rings. The van der Waals surface area contributed by atoms with Crippen LogP contribution in [0.5, 0.6) is 0 Å². The van der Waals surface area contributed by atoms with E-state index >= 15 is 0 Å². The van der Waals surface area contributed by atoms with E-state index in [2.05, 4.69) is 0 Å². The minimum atomic E-state index is -0.842. The van der Waals surface area contributed by atoms with E-state index in [0.29, 0.717) is 6.42 Å². The highest BCUT2D eigenvalue weighted by atomic mass is 32.2. The van der Waals surface area contributed by atoms with E-state index in [9.17, 15) is 4.21 Å². The molecule has 0 saturated heterocycles. The maximum Gasteiger partial charge on any atom is 0.0442 e. The lowest BCUT2D eigenvalue weighted by molar-refractivity contribution is 0.288. The normalized spacial score (nSPS) is 17.9. The lowest BCUT2D eigenvalue weighted by atomic mass is 10.3. The second kappa shape index (κ2) is 4.21. The Bertz CT molecular complexity index is 138. The fourth-order valence-electron chi connectivity index (χ4n) is 0.892. The summed E-state index contributed by atoms with van der Waals surface area (Å²) >= 11 is 0. The minimum Gasteiger partial charge on any atom is -0.396 e. The monoisotopic (exact) mass is 178 g/mol. The van der Waals surface area contributed by atoms with E-state index < -0.39 is 10.8 Å².